The molecule has 16 aromatic rings. The number of fused-ring (bicyclic) bond motifs is 14. The van der Waals surface area contributed by atoms with Crippen LogP contribution in [0.25, 0.3) is 152 Å². The zero-order valence-corrected chi connectivity index (χ0v) is 42.4. The summed E-state index contributed by atoms with van der Waals surface area (Å²) in [7, 11) is 0. The molecule has 354 valence electrons. The Morgan fingerprint density at radius 1 is 0.263 bits per heavy atom. The molecule has 16 rings (SSSR count). The Kier molecular flexibility index (Phi) is 9.61. The van der Waals surface area contributed by atoms with Gasteiger partial charge in [-0.1, -0.05) is 182 Å². The molecule has 0 saturated carbocycles. The van der Waals surface area contributed by atoms with E-state index in [1.807, 2.05) is 59.1 Å². The fourth-order valence-electron chi connectivity index (χ4n) is 11.7. The van der Waals surface area contributed by atoms with E-state index in [9.17, 15) is 0 Å². The van der Waals surface area contributed by atoms with Crippen LogP contribution in [0.4, 0.5) is 0 Å². The summed E-state index contributed by atoms with van der Waals surface area (Å²) in [5.41, 5.74) is 14.3. The average molecular weight is 1000 g/mol. The van der Waals surface area contributed by atoms with E-state index in [1.54, 1.807) is 0 Å². The van der Waals surface area contributed by atoms with Crippen LogP contribution < -0.4 is 0 Å². The van der Waals surface area contributed by atoms with Gasteiger partial charge in [0.05, 0.1) is 22.1 Å². The molecule has 0 N–H and O–H groups in total. The number of hydrogen-bond acceptors (Lipinski definition) is 5. The molecular weight excluding hydrogens is 963 g/mol. The maximum atomic E-state index is 5.34. The van der Waals surface area contributed by atoms with Gasteiger partial charge in [-0.2, -0.15) is 0 Å². The monoisotopic (exact) mass is 1000 g/mol. The van der Waals surface area contributed by atoms with E-state index < -0.39 is 0 Å². The first kappa shape index (κ1) is 42.9. The summed E-state index contributed by atoms with van der Waals surface area (Å²) in [4.78, 5) is 15.8. The molecule has 5 aromatic heterocycles. The van der Waals surface area contributed by atoms with Crippen molar-refractivity contribution in [3.63, 3.8) is 0 Å². The van der Waals surface area contributed by atoms with Crippen molar-refractivity contribution in [2.75, 3.05) is 0 Å². The molecule has 5 nitrogen and oxygen atoms in total. The summed E-state index contributed by atoms with van der Waals surface area (Å²) in [6.45, 7) is 0. The third kappa shape index (κ3) is 6.66. The predicted molar refractivity (Wildman–Crippen MR) is 321 cm³/mol. The first-order chi connectivity index (χ1) is 37.7. The van der Waals surface area contributed by atoms with Crippen LogP contribution in [0.15, 0.2) is 249 Å². The van der Waals surface area contributed by atoms with Crippen molar-refractivity contribution in [3.05, 3.63) is 249 Å². The molecule has 0 unspecified atom stereocenters. The highest BCUT2D eigenvalue weighted by molar-refractivity contribution is 7.27. The molecule has 0 spiro atoms. The van der Waals surface area contributed by atoms with Gasteiger partial charge in [0, 0.05) is 90.0 Å². The SMILES string of the molecule is c1ccc(-c2nc(-c3ccccc3)nc(-c3cc(-c4ccc5c(c4)sc4c5ccc5c4c4ccccc4n5-c4ccccc4)ccc3-c3ccc4c(c3)sc3c4ccc4c3c3ccccc3n4-c3ccccc3)n2)cc1. The second kappa shape index (κ2) is 17.0. The number of hydrogen-bond donors (Lipinski definition) is 0. The molecular formula is C69H41N5S2. The van der Waals surface area contributed by atoms with E-state index in [2.05, 4.69) is 221 Å². The van der Waals surface area contributed by atoms with Crippen molar-refractivity contribution in [2.24, 2.45) is 0 Å². The van der Waals surface area contributed by atoms with Crippen LogP contribution in [0.1, 0.15) is 0 Å². The van der Waals surface area contributed by atoms with Crippen LogP contribution in [-0.2, 0) is 0 Å². The first-order valence-electron chi connectivity index (χ1n) is 25.6. The van der Waals surface area contributed by atoms with Gasteiger partial charge in [0.15, 0.2) is 17.5 Å². The minimum Gasteiger partial charge on any atom is -0.309 e. The van der Waals surface area contributed by atoms with Gasteiger partial charge in [0.2, 0.25) is 0 Å². The highest BCUT2D eigenvalue weighted by Crippen LogP contribution is 2.47. The normalized spacial score (nSPS) is 11.9. The average Bonchev–Trinajstić information content (AvgIpc) is 4.26. The van der Waals surface area contributed by atoms with Crippen molar-refractivity contribution in [3.8, 4) is 67.8 Å². The second-order valence-electron chi connectivity index (χ2n) is 19.5. The highest BCUT2D eigenvalue weighted by Gasteiger charge is 2.22. The Hall–Kier alpha value is -9.53. The Labute approximate surface area is 444 Å². The lowest BCUT2D eigenvalue weighted by atomic mass is 9.93. The fraction of sp³-hybridized carbons (Fsp3) is 0. The van der Waals surface area contributed by atoms with Crippen LogP contribution in [0.5, 0.6) is 0 Å². The summed E-state index contributed by atoms with van der Waals surface area (Å²) in [6.07, 6.45) is 0. The zero-order valence-electron chi connectivity index (χ0n) is 40.7. The maximum Gasteiger partial charge on any atom is 0.164 e. The minimum atomic E-state index is 0.622. The number of para-hydroxylation sites is 4. The van der Waals surface area contributed by atoms with Crippen LogP contribution in [0.3, 0.4) is 0 Å². The standard InChI is InChI=1S/C69H41N5S2/c1-5-17-42(18-6-1)67-70-68(43-19-7-2-8-20-43)72-69(71-67)56-39-44(45-30-33-50-52-35-37-59-63(65(52)75-61(50)40-45)54-25-13-15-27-57(54)73(59)47-21-9-3-10-22-47)29-32-49(56)46-31-34-51-53-36-38-60-64(66(53)76-62(51)41-46)55-26-14-16-28-58(55)74(60)48-23-11-4-12-24-48/h1-41H. The molecule has 76 heavy (non-hydrogen) atoms. The molecule has 0 amide bonds. The molecule has 5 heterocycles. The Morgan fingerprint density at radius 3 is 1.20 bits per heavy atom. The molecule has 0 bridgehead atoms. The largest absolute Gasteiger partial charge is 0.309 e. The number of benzene rings is 11. The first-order valence-corrected chi connectivity index (χ1v) is 27.2. The number of aromatic nitrogens is 5. The second-order valence-corrected chi connectivity index (χ2v) is 21.6. The third-order valence-electron chi connectivity index (χ3n) is 15.2. The summed E-state index contributed by atoms with van der Waals surface area (Å²) in [5, 5.41) is 10.2. The fourth-order valence-corrected chi connectivity index (χ4v) is 14.3. The Morgan fingerprint density at radius 2 is 0.671 bits per heavy atom. The number of nitrogens with zero attached hydrogens (tertiary/aromatic N) is 5. The van der Waals surface area contributed by atoms with E-state index in [0.717, 1.165) is 50.3 Å². The van der Waals surface area contributed by atoms with Crippen LogP contribution in [0, 0.1) is 0 Å². The van der Waals surface area contributed by atoms with Crippen molar-refractivity contribution in [1.29, 1.82) is 0 Å². The topological polar surface area (TPSA) is 48.5 Å². The van der Waals surface area contributed by atoms with Gasteiger partial charge >= 0.3 is 0 Å². The van der Waals surface area contributed by atoms with Gasteiger partial charge in [-0.05, 0) is 89.0 Å². The van der Waals surface area contributed by atoms with Crippen molar-refractivity contribution in [2.45, 2.75) is 0 Å². The molecule has 0 aliphatic carbocycles. The molecule has 0 fully saturated rings. The van der Waals surface area contributed by atoms with Crippen molar-refractivity contribution >= 4 is 107 Å². The van der Waals surface area contributed by atoms with Crippen LogP contribution in [-0.4, -0.2) is 24.1 Å². The Bertz CT molecular complexity index is 4920. The number of thiophene rings is 2. The molecule has 7 heteroatoms. The summed E-state index contributed by atoms with van der Waals surface area (Å²) in [6, 6.07) is 89.5. The van der Waals surface area contributed by atoms with E-state index in [0.29, 0.717) is 17.5 Å². The van der Waals surface area contributed by atoms with Gasteiger partial charge in [0.1, 0.15) is 0 Å². The summed E-state index contributed by atoms with van der Waals surface area (Å²) in [5.74, 6) is 1.88. The highest BCUT2D eigenvalue weighted by atomic mass is 32.1. The van der Waals surface area contributed by atoms with E-state index >= 15 is 0 Å². The Balaban J connectivity index is 0.895. The number of rotatable bonds is 7. The molecule has 0 atom stereocenters. The zero-order chi connectivity index (χ0) is 49.8. The van der Waals surface area contributed by atoms with E-state index in [1.165, 1.54) is 84.0 Å². The molecule has 0 aliphatic rings. The van der Waals surface area contributed by atoms with Crippen molar-refractivity contribution < 1.29 is 0 Å². The third-order valence-corrected chi connectivity index (χ3v) is 17.6. The van der Waals surface area contributed by atoms with Crippen LogP contribution >= 0.6 is 22.7 Å². The van der Waals surface area contributed by atoms with E-state index in [-0.39, 0.29) is 0 Å². The molecule has 0 aliphatic heterocycles. The molecule has 0 saturated heterocycles. The molecule has 11 aromatic carbocycles. The van der Waals surface area contributed by atoms with Crippen LogP contribution in [0.2, 0.25) is 0 Å². The van der Waals surface area contributed by atoms with Crippen molar-refractivity contribution in [1.82, 2.24) is 24.1 Å². The van der Waals surface area contributed by atoms with Gasteiger partial charge in [-0.15, -0.1) is 22.7 Å². The lowest BCUT2D eigenvalue weighted by Gasteiger charge is -2.14. The predicted octanol–water partition coefficient (Wildman–Crippen LogP) is 19.1. The minimum absolute atomic E-state index is 0.622. The lowest BCUT2D eigenvalue weighted by Crippen LogP contribution is -2.01. The lowest BCUT2D eigenvalue weighted by molar-refractivity contribution is 1.07. The quantitative estimate of drug-likeness (QED) is 0.160. The summed E-state index contributed by atoms with van der Waals surface area (Å²) < 4.78 is 9.88. The smallest absolute Gasteiger partial charge is 0.164 e. The van der Waals surface area contributed by atoms with Gasteiger partial charge in [0.25, 0.3) is 0 Å². The maximum absolute atomic E-state index is 5.34. The van der Waals surface area contributed by atoms with Gasteiger partial charge < -0.3 is 9.13 Å². The summed E-state index contributed by atoms with van der Waals surface area (Å²) >= 11 is 3.75. The van der Waals surface area contributed by atoms with Gasteiger partial charge in [-0.25, -0.2) is 15.0 Å². The van der Waals surface area contributed by atoms with E-state index in [4.69, 9.17) is 15.0 Å². The molecule has 0 radical (unpaired) electrons. The van der Waals surface area contributed by atoms with Gasteiger partial charge in [-0.3, -0.25) is 0 Å².